The lowest BCUT2D eigenvalue weighted by Crippen LogP contribution is -2.54. The molecule has 0 aromatic rings. The SMILES string of the molecule is CN1CCC(NC(=O)C2(C(N)=S)CCOCC2)C1. The maximum Gasteiger partial charge on any atom is 0.233 e. The molecule has 2 rings (SSSR count). The molecule has 0 radical (unpaired) electrons. The van der Waals surface area contributed by atoms with Gasteiger partial charge in [0.2, 0.25) is 5.91 Å². The zero-order valence-corrected chi connectivity index (χ0v) is 11.6. The molecular formula is C12H21N3O2S. The van der Waals surface area contributed by atoms with E-state index in [4.69, 9.17) is 22.7 Å². The number of rotatable bonds is 3. The molecule has 2 aliphatic rings. The summed E-state index contributed by atoms with van der Waals surface area (Å²) in [6.07, 6.45) is 2.18. The summed E-state index contributed by atoms with van der Waals surface area (Å²) in [5.74, 6) is -0.0152. The van der Waals surface area contributed by atoms with Crippen LogP contribution in [0.5, 0.6) is 0 Å². The second kappa shape index (κ2) is 5.50. The van der Waals surface area contributed by atoms with Gasteiger partial charge in [0.15, 0.2) is 0 Å². The van der Waals surface area contributed by atoms with Crippen molar-refractivity contribution >= 4 is 23.1 Å². The average molecular weight is 271 g/mol. The van der Waals surface area contributed by atoms with Crippen LogP contribution in [0.1, 0.15) is 19.3 Å². The van der Waals surface area contributed by atoms with Crippen LogP contribution in [0.2, 0.25) is 0 Å². The number of nitrogens with zero attached hydrogens (tertiary/aromatic N) is 1. The van der Waals surface area contributed by atoms with Crippen LogP contribution in [0.4, 0.5) is 0 Å². The molecule has 6 heteroatoms. The topological polar surface area (TPSA) is 67.6 Å². The minimum atomic E-state index is -0.700. The molecule has 3 N–H and O–H groups in total. The third-order valence-corrected chi connectivity index (χ3v) is 4.37. The number of carbonyl (C=O) groups excluding carboxylic acids is 1. The van der Waals surface area contributed by atoms with Gasteiger partial charge in [0.1, 0.15) is 5.41 Å². The lowest BCUT2D eigenvalue weighted by Gasteiger charge is -2.35. The predicted molar refractivity (Wildman–Crippen MR) is 73.3 cm³/mol. The van der Waals surface area contributed by atoms with Gasteiger partial charge in [-0.15, -0.1) is 0 Å². The molecular weight excluding hydrogens is 250 g/mol. The van der Waals surface area contributed by atoms with Crippen molar-refractivity contribution in [2.75, 3.05) is 33.4 Å². The summed E-state index contributed by atoms with van der Waals surface area (Å²) in [4.78, 5) is 15.0. The van der Waals surface area contributed by atoms with Crippen LogP contribution in [0, 0.1) is 5.41 Å². The zero-order valence-electron chi connectivity index (χ0n) is 10.8. The smallest absolute Gasteiger partial charge is 0.233 e. The molecule has 0 bridgehead atoms. The van der Waals surface area contributed by atoms with E-state index in [1.807, 2.05) is 0 Å². The molecule has 0 saturated carbocycles. The average Bonchev–Trinajstić information content (AvgIpc) is 2.75. The van der Waals surface area contributed by atoms with E-state index in [2.05, 4.69) is 17.3 Å². The van der Waals surface area contributed by atoms with E-state index in [0.717, 1.165) is 19.5 Å². The standard InChI is InChI=1S/C12H21N3O2S/c1-15-5-2-9(8-15)14-11(16)12(10(13)18)3-6-17-7-4-12/h9H,2-8H2,1H3,(H2,13,18)(H,14,16). The fourth-order valence-corrected chi connectivity index (χ4v) is 2.98. The van der Waals surface area contributed by atoms with E-state index in [1.165, 1.54) is 0 Å². The Kier molecular flexibility index (Phi) is 4.19. The number of amides is 1. The summed E-state index contributed by atoms with van der Waals surface area (Å²) in [7, 11) is 2.06. The van der Waals surface area contributed by atoms with Crippen molar-refractivity contribution in [2.45, 2.75) is 25.3 Å². The van der Waals surface area contributed by atoms with Crippen LogP contribution in [-0.2, 0) is 9.53 Å². The molecule has 2 heterocycles. The molecule has 5 nitrogen and oxygen atoms in total. The second-order valence-electron chi connectivity index (χ2n) is 5.28. The largest absolute Gasteiger partial charge is 0.392 e. The van der Waals surface area contributed by atoms with Crippen LogP contribution in [-0.4, -0.2) is 55.2 Å². The molecule has 102 valence electrons. The molecule has 2 aliphatic heterocycles. The molecule has 1 unspecified atom stereocenters. The van der Waals surface area contributed by atoms with Gasteiger partial charge in [0.25, 0.3) is 0 Å². The normalized spacial score (nSPS) is 27.9. The highest BCUT2D eigenvalue weighted by atomic mass is 32.1. The molecule has 0 aliphatic carbocycles. The summed E-state index contributed by atoms with van der Waals surface area (Å²) in [6.45, 7) is 3.02. The van der Waals surface area contributed by atoms with E-state index in [9.17, 15) is 4.79 Å². The van der Waals surface area contributed by atoms with Crippen molar-refractivity contribution in [1.82, 2.24) is 10.2 Å². The summed E-state index contributed by atoms with van der Waals surface area (Å²) >= 11 is 5.12. The van der Waals surface area contributed by atoms with Crippen molar-refractivity contribution in [3.63, 3.8) is 0 Å². The Morgan fingerprint density at radius 1 is 1.50 bits per heavy atom. The Morgan fingerprint density at radius 2 is 2.17 bits per heavy atom. The minimum Gasteiger partial charge on any atom is -0.392 e. The first-order chi connectivity index (χ1) is 8.54. The quantitative estimate of drug-likeness (QED) is 0.701. The number of hydrogen-bond acceptors (Lipinski definition) is 4. The number of likely N-dealkylation sites (tertiary alicyclic amines) is 1. The highest BCUT2D eigenvalue weighted by Gasteiger charge is 2.43. The van der Waals surface area contributed by atoms with E-state index >= 15 is 0 Å². The first-order valence-electron chi connectivity index (χ1n) is 6.42. The first-order valence-corrected chi connectivity index (χ1v) is 6.82. The predicted octanol–water partition coefficient (Wildman–Crippen LogP) is -0.110. The van der Waals surface area contributed by atoms with Crippen LogP contribution in [0.25, 0.3) is 0 Å². The number of nitrogens with one attached hydrogen (secondary N) is 1. The van der Waals surface area contributed by atoms with Gasteiger partial charge in [-0.1, -0.05) is 12.2 Å². The van der Waals surface area contributed by atoms with Gasteiger partial charge in [-0.3, -0.25) is 4.79 Å². The summed E-state index contributed by atoms with van der Waals surface area (Å²) in [5.41, 5.74) is 5.11. The highest BCUT2D eigenvalue weighted by molar-refractivity contribution is 7.80. The third-order valence-electron chi connectivity index (χ3n) is 3.98. The molecule has 2 saturated heterocycles. The minimum absolute atomic E-state index is 0.0152. The number of carbonyl (C=O) groups is 1. The maximum atomic E-state index is 12.5. The van der Waals surface area contributed by atoms with Gasteiger partial charge >= 0.3 is 0 Å². The van der Waals surface area contributed by atoms with Crippen LogP contribution in [0.3, 0.4) is 0 Å². The van der Waals surface area contributed by atoms with Crippen molar-refractivity contribution < 1.29 is 9.53 Å². The van der Waals surface area contributed by atoms with Gasteiger partial charge < -0.3 is 20.7 Å². The highest BCUT2D eigenvalue weighted by Crippen LogP contribution is 2.31. The summed E-state index contributed by atoms with van der Waals surface area (Å²) < 4.78 is 5.31. The molecule has 2 fully saturated rings. The Balaban J connectivity index is 2.02. The number of thiocarbonyl (C=S) groups is 1. The number of ether oxygens (including phenoxy) is 1. The summed E-state index contributed by atoms with van der Waals surface area (Å²) in [5, 5.41) is 3.10. The Morgan fingerprint density at radius 3 is 2.67 bits per heavy atom. The molecule has 1 amide bonds. The fourth-order valence-electron chi connectivity index (χ4n) is 2.68. The number of likely N-dealkylation sites (N-methyl/N-ethyl adjacent to an activating group) is 1. The van der Waals surface area contributed by atoms with Gasteiger partial charge in [0, 0.05) is 25.8 Å². The van der Waals surface area contributed by atoms with E-state index < -0.39 is 5.41 Å². The van der Waals surface area contributed by atoms with Crippen molar-refractivity contribution in [3.8, 4) is 0 Å². The van der Waals surface area contributed by atoms with Crippen LogP contribution >= 0.6 is 12.2 Å². The maximum absolute atomic E-state index is 12.5. The van der Waals surface area contributed by atoms with Gasteiger partial charge in [-0.2, -0.15) is 0 Å². The molecule has 0 aromatic carbocycles. The molecule has 1 atom stereocenters. The lowest BCUT2D eigenvalue weighted by molar-refractivity contribution is -0.132. The monoisotopic (exact) mass is 271 g/mol. The lowest BCUT2D eigenvalue weighted by atomic mass is 9.79. The number of hydrogen-bond donors (Lipinski definition) is 2. The summed E-state index contributed by atoms with van der Waals surface area (Å²) in [6, 6.07) is 0.219. The first kappa shape index (κ1) is 13.7. The Hall–Kier alpha value is -0.720. The van der Waals surface area contributed by atoms with Crippen molar-refractivity contribution in [3.05, 3.63) is 0 Å². The van der Waals surface area contributed by atoms with Gasteiger partial charge in [-0.25, -0.2) is 0 Å². The molecule has 18 heavy (non-hydrogen) atoms. The van der Waals surface area contributed by atoms with Crippen LogP contribution in [0.15, 0.2) is 0 Å². The second-order valence-corrected chi connectivity index (χ2v) is 5.72. The Labute approximate surface area is 113 Å². The van der Waals surface area contributed by atoms with Gasteiger partial charge in [-0.05, 0) is 32.9 Å². The third kappa shape index (κ3) is 2.65. The van der Waals surface area contributed by atoms with E-state index in [0.29, 0.717) is 31.0 Å². The molecule has 0 aromatic heterocycles. The van der Waals surface area contributed by atoms with Crippen molar-refractivity contribution in [1.29, 1.82) is 0 Å². The van der Waals surface area contributed by atoms with E-state index in [-0.39, 0.29) is 11.9 Å². The fraction of sp³-hybridized carbons (Fsp3) is 0.833. The van der Waals surface area contributed by atoms with Crippen LogP contribution < -0.4 is 11.1 Å². The Bertz CT molecular complexity index is 342. The van der Waals surface area contributed by atoms with Gasteiger partial charge in [0.05, 0.1) is 4.99 Å². The number of nitrogens with two attached hydrogens (primary N) is 1. The zero-order chi connectivity index (χ0) is 13.2. The van der Waals surface area contributed by atoms with E-state index in [1.54, 1.807) is 0 Å². The molecule has 0 spiro atoms. The van der Waals surface area contributed by atoms with Crippen molar-refractivity contribution in [2.24, 2.45) is 11.1 Å².